The topological polar surface area (TPSA) is 84.8 Å². The maximum Gasteiger partial charge on any atom is 0.156 e. The smallest absolute Gasteiger partial charge is 0.156 e. The molecular weight excluding hydrogens is 450 g/mol. The molecule has 1 aliphatic rings. The molecule has 0 saturated carbocycles. The highest BCUT2D eigenvalue weighted by Gasteiger charge is 2.14. The monoisotopic (exact) mass is 473 g/mol. The summed E-state index contributed by atoms with van der Waals surface area (Å²) in [7, 11) is 0. The number of fused-ring (bicyclic) bond motifs is 2. The van der Waals surface area contributed by atoms with Crippen LogP contribution in [0.25, 0.3) is 33.3 Å². The fraction of sp³-hybridized carbons (Fsp3) is 0.280. The average Bonchev–Trinajstić information content (AvgIpc) is 3.58. The molecule has 172 valence electrons. The molecule has 5 aromatic rings. The summed E-state index contributed by atoms with van der Waals surface area (Å²) < 4.78 is 8.04. The molecule has 0 unspecified atom stereocenters. The van der Waals surface area contributed by atoms with Crippen molar-refractivity contribution < 1.29 is 4.74 Å². The van der Waals surface area contributed by atoms with E-state index in [1.807, 2.05) is 54.2 Å². The van der Waals surface area contributed by atoms with Crippen LogP contribution in [0.15, 0.2) is 48.8 Å². The Bertz CT molecular complexity index is 1490. The van der Waals surface area contributed by atoms with Gasteiger partial charge in [-0.15, -0.1) is 0 Å². The molecule has 8 nitrogen and oxygen atoms in total. The van der Waals surface area contributed by atoms with E-state index in [-0.39, 0.29) is 0 Å². The molecule has 3 aromatic heterocycles. The summed E-state index contributed by atoms with van der Waals surface area (Å²) in [5.74, 6) is 2.26. The van der Waals surface area contributed by atoms with E-state index in [0.29, 0.717) is 27.6 Å². The fourth-order valence-electron chi connectivity index (χ4n) is 4.43. The lowest BCUT2D eigenvalue weighted by molar-refractivity contribution is 0.316. The van der Waals surface area contributed by atoms with Gasteiger partial charge in [-0.3, -0.25) is 4.68 Å². The number of aromatic nitrogens is 6. The first-order chi connectivity index (χ1) is 16.6. The molecule has 0 amide bonds. The van der Waals surface area contributed by atoms with E-state index >= 15 is 0 Å². The van der Waals surface area contributed by atoms with E-state index in [2.05, 4.69) is 25.0 Å². The number of halogens is 1. The molecule has 1 fully saturated rings. The molecule has 2 aromatic carbocycles. The first-order valence-electron chi connectivity index (χ1n) is 11.5. The number of imidazole rings is 1. The van der Waals surface area contributed by atoms with Crippen molar-refractivity contribution in [1.29, 1.82) is 0 Å². The van der Waals surface area contributed by atoms with Gasteiger partial charge in [0.2, 0.25) is 0 Å². The minimum Gasteiger partial charge on any atom is -0.457 e. The Morgan fingerprint density at radius 1 is 0.941 bits per heavy atom. The van der Waals surface area contributed by atoms with E-state index in [0.717, 1.165) is 41.3 Å². The van der Waals surface area contributed by atoms with Crippen molar-refractivity contribution in [2.75, 3.05) is 19.6 Å². The summed E-state index contributed by atoms with van der Waals surface area (Å²) in [6, 6.07) is 11.4. The van der Waals surface area contributed by atoms with Crippen LogP contribution in [0.5, 0.6) is 11.5 Å². The first-order valence-corrected chi connectivity index (χ1v) is 11.9. The lowest BCUT2D eigenvalue weighted by Gasteiger charge is -2.13. The van der Waals surface area contributed by atoms with Crippen LogP contribution < -0.4 is 4.74 Å². The van der Waals surface area contributed by atoms with Crippen LogP contribution in [0, 0.1) is 6.92 Å². The molecule has 0 spiro atoms. The number of ether oxygens (including phenoxy) is 1. The van der Waals surface area contributed by atoms with Crippen molar-refractivity contribution >= 4 is 33.7 Å². The Hall–Kier alpha value is -3.49. The molecule has 0 radical (unpaired) electrons. The number of benzene rings is 2. The first kappa shape index (κ1) is 21.1. The highest BCUT2D eigenvalue weighted by atomic mass is 35.5. The zero-order valence-corrected chi connectivity index (χ0v) is 19.6. The van der Waals surface area contributed by atoms with Gasteiger partial charge in [0.05, 0.1) is 34.8 Å². The number of nitrogens with one attached hydrogen (secondary N) is 1. The quantitative estimate of drug-likeness (QED) is 0.364. The van der Waals surface area contributed by atoms with Crippen molar-refractivity contribution in [2.45, 2.75) is 26.3 Å². The molecule has 0 bridgehead atoms. The number of likely N-dealkylation sites (tertiary alicyclic amines) is 1. The molecule has 1 aliphatic heterocycles. The number of aryl methyl sites for hydroxylation is 1. The molecule has 0 aliphatic carbocycles. The van der Waals surface area contributed by atoms with E-state index in [1.165, 1.54) is 25.9 Å². The third-order valence-corrected chi connectivity index (χ3v) is 6.41. The fourth-order valence-corrected chi connectivity index (χ4v) is 4.68. The SMILES string of the molecule is Cc1nc2ccc(Oc3ccc4nc(Cl)c(-c5cnn(CCN6CCCC6)c5)nc4c3)cc2[nH]1. The number of aromatic amines is 1. The second kappa shape index (κ2) is 8.70. The van der Waals surface area contributed by atoms with Gasteiger partial charge in [-0.25, -0.2) is 15.0 Å². The maximum absolute atomic E-state index is 6.50. The van der Waals surface area contributed by atoms with Gasteiger partial charge >= 0.3 is 0 Å². The predicted octanol–water partition coefficient (Wildman–Crippen LogP) is 5.22. The third kappa shape index (κ3) is 4.22. The van der Waals surface area contributed by atoms with Crippen LogP contribution in [0.1, 0.15) is 18.7 Å². The van der Waals surface area contributed by atoms with Gasteiger partial charge in [0.25, 0.3) is 0 Å². The zero-order valence-electron chi connectivity index (χ0n) is 18.8. The van der Waals surface area contributed by atoms with Crippen LogP contribution in [0.3, 0.4) is 0 Å². The van der Waals surface area contributed by atoms with E-state index in [4.69, 9.17) is 21.3 Å². The summed E-state index contributed by atoms with van der Waals surface area (Å²) >= 11 is 6.50. The van der Waals surface area contributed by atoms with Gasteiger partial charge in [0, 0.05) is 30.4 Å². The van der Waals surface area contributed by atoms with Gasteiger partial charge in [-0.1, -0.05) is 11.6 Å². The summed E-state index contributed by atoms with van der Waals surface area (Å²) in [5.41, 5.74) is 4.74. The Morgan fingerprint density at radius 2 is 1.74 bits per heavy atom. The Kier molecular flexibility index (Phi) is 5.39. The van der Waals surface area contributed by atoms with Crippen LogP contribution >= 0.6 is 11.6 Å². The number of nitrogens with zero attached hydrogens (tertiary/aromatic N) is 6. The van der Waals surface area contributed by atoms with Gasteiger partial charge in [0.15, 0.2) is 5.15 Å². The van der Waals surface area contributed by atoms with Crippen molar-refractivity contribution in [1.82, 2.24) is 34.6 Å². The number of hydrogen-bond acceptors (Lipinski definition) is 6. The molecule has 0 atom stereocenters. The largest absolute Gasteiger partial charge is 0.457 e. The van der Waals surface area contributed by atoms with Crippen molar-refractivity contribution in [3.63, 3.8) is 0 Å². The van der Waals surface area contributed by atoms with Gasteiger partial charge < -0.3 is 14.6 Å². The lowest BCUT2D eigenvalue weighted by Crippen LogP contribution is -2.24. The Balaban J connectivity index is 1.25. The van der Waals surface area contributed by atoms with E-state index in [1.54, 1.807) is 6.20 Å². The third-order valence-electron chi connectivity index (χ3n) is 6.15. The number of H-pyrrole nitrogens is 1. The summed E-state index contributed by atoms with van der Waals surface area (Å²) in [4.78, 5) is 19.5. The van der Waals surface area contributed by atoms with Crippen LogP contribution in [-0.4, -0.2) is 54.3 Å². The van der Waals surface area contributed by atoms with E-state index in [9.17, 15) is 0 Å². The Morgan fingerprint density at radius 3 is 2.59 bits per heavy atom. The number of hydrogen-bond donors (Lipinski definition) is 1. The zero-order chi connectivity index (χ0) is 23.1. The molecule has 34 heavy (non-hydrogen) atoms. The minimum absolute atomic E-state index is 0.361. The highest BCUT2D eigenvalue weighted by molar-refractivity contribution is 6.32. The number of rotatable bonds is 6. The molecule has 4 heterocycles. The summed E-state index contributed by atoms with van der Waals surface area (Å²) in [6.45, 7) is 6.13. The molecule has 9 heteroatoms. The minimum atomic E-state index is 0.361. The van der Waals surface area contributed by atoms with Crippen LogP contribution in [-0.2, 0) is 6.54 Å². The molecular formula is C25H24ClN7O. The van der Waals surface area contributed by atoms with Gasteiger partial charge in [-0.2, -0.15) is 5.10 Å². The molecule has 6 rings (SSSR count). The second-order valence-corrected chi connectivity index (χ2v) is 9.02. The Labute approximate surface area is 201 Å². The summed E-state index contributed by atoms with van der Waals surface area (Å²) in [5, 5.41) is 4.87. The molecule has 1 saturated heterocycles. The van der Waals surface area contributed by atoms with Crippen LogP contribution in [0.2, 0.25) is 5.15 Å². The van der Waals surface area contributed by atoms with Crippen molar-refractivity contribution in [2.24, 2.45) is 0 Å². The predicted molar refractivity (Wildman–Crippen MR) is 132 cm³/mol. The second-order valence-electron chi connectivity index (χ2n) is 8.66. The maximum atomic E-state index is 6.50. The van der Waals surface area contributed by atoms with Gasteiger partial charge in [-0.05, 0) is 57.1 Å². The highest BCUT2D eigenvalue weighted by Crippen LogP contribution is 2.30. The van der Waals surface area contributed by atoms with Crippen LogP contribution in [0.4, 0.5) is 0 Å². The van der Waals surface area contributed by atoms with Crippen molar-refractivity contribution in [3.8, 4) is 22.8 Å². The lowest BCUT2D eigenvalue weighted by atomic mass is 10.2. The van der Waals surface area contributed by atoms with Gasteiger partial charge in [0.1, 0.15) is 23.0 Å². The van der Waals surface area contributed by atoms with E-state index < -0.39 is 0 Å². The normalized spacial score (nSPS) is 14.4. The average molecular weight is 474 g/mol. The molecule has 1 N–H and O–H groups in total. The summed E-state index contributed by atoms with van der Waals surface area (Å²) in [6.07, 6.45) is 6.36. The standard InChI is InChI=1S/C25H24ClN7O/c1-16-28-20-6-4-18(12-22(20)29-16)34-19-5-7-21-23(13-19)30-24(25(26)31-21)17-14-27-33(15-17)11-10-32-8-2-3-9-32/h4-7,12-15H,2-3,8-11H2,1H3,(H,28,29). The van der Waals surface area contributed by atoms with Crippen molar-refractivity contribution in [3.05, 3.63) is 59.8 Å².